The van der Waals surface area contributed by atoms with Gasteiger partial charge in [-0.05, 0) is 36.5 Å². The first-order valence-electron chi connectivity index (χ1n) is 5.88. The molecule has 7 heteroatoms. The molecule has 3 aromatic rings. The van der Waals surface area contributed by atoms with Crippen molar-refractivity contribution in [1.29, 1.82) is 0 Å². The van der Waals surface area contributed by atoms with Crippen LogP contribution in [0.5, 0.6) is 0 Å². The van der Waals surface area contributed by atoms with Crippen LogP contribution in [-0.4, -0.2) is 9.55 Å². The number of nitrogens with zero attached hydrogens (tertiary/aromatic N) is 1. The quantitative estimate of drug-likeness (QED) is 0.622. The Labute approximate surface area is 139 Å². The minimum Gasteiger partial charge on any atom is -0.330 e. The van der Waals surface area contributed by atoms with Gasteiger partial charge in [0, 0.05) is 5.02 Å². The lowest BCUT2D eigenvalue weighted by molar-refractivity contribution is 0.940. The lowest BCUT2D eigenvalue weighted by Gasteiger charge is -2.10. The second-order valence-electron chi connectivity index (χ2n) is 4.33. The summed E-state index contributed by atoms with van der Waals surface area (Å²) in [4.78, 5) is 15.7. The molecule has 0 bridgehead atoms. The zero-order chi connectivity index (χ0) is 15.1. The SMILES string of the molecule is O=c1c2cc(Cl)cc(Cl)c2[nH]c(=S)n1-c1ccccc1Cl. The van der Waals surface area contributed by atoms with Crippen LogP contribution in [0.15, 0.2) is 41.2 Å². The predicted molar refractivity (Wildman–Crippen MR) is 89.8 cm³/mol. The number of para-hydroxylation sites is 1. The van der Waals surface area contributed by atoms with E-state index in [4.69, 9.17) is 47.0 Å². The third kappa shape index (κ3) is 2.49. The molecule has 0 aliphatic rings. The Morgan fingerprint density at radius 1 is 1.05 bits per heavy atom. The number of benzene rings is 2. The highest BCUT2D eigenvalue weighted by atomic mass is 35.5. The van der Waals surface area contributed by atoms with E-state index in [1.165, 1.54) is 4.57 Å². The average Bonchev–Trinajstić information content (AvgIpc) is 2.42. The van der Waals surface area contributed by atoms with E-state index in [2.05, 4.69) is 4.98 Å². The molecule has 21 heavy (non-hydrogen) atoms. The molecule has 0 amide bonds. The van der Waals surface area contributed by atoms with Crippen molar-refractivity contribution >= 4 is 57.9 Å². The van der Waals surface area contributed by atoms with Crippen LogP contribution in [0.1, 0.15) is 0 Å². The molecule has 0 aliphatic carbocycles. The number of fused-ring (bicyclic) bond motifs is 1. The molecule has 0 saturated carbocycles. The first kappa shape index (κ1) is 14.6. The Balaban J connectivity index is 2.49. The van der Waals surface area contributed by atoms with Crippen molar-refractivity contribution in [2.24, 2.45) is 0 Å². The van der Waals surface area contributed by atoms with Crippen molar-refractivity contribution in [1.82, 2.24) is 9.55 Å². The molecule has 0 fully saturated rings. The van der Waals surface area contributed by atoms with E-state index < -0.39 is 0 Å². The van der Waals surface area contributed by atoms with Gasteiger partial charge in [0.05, 0.1) is 26.6 Å². The van der Waals surface area contributed by atoms with Crippen molar-refractivity contribution in [3.63, 3.8) is 0 Å². The van der Waals surface area contributed by atoms with Crippen molar-refractivity contribution in [3.05, 3.63) is 66.6 Å². The van der Waals surface area contributed by atoms with Gasteiger partial charge in [0.2, 0.25) is 0 Å². The first-order chi connectivity index (χ1) is 9.99. The van der Waals surface area contributed by atoms with Crippen molar-refractivity contribution in [2.45, 2.75) is 0 Å². The maximum absolute atomic E-state index is 12.7. The van der Waals surface area contributed by atoms with E-state index in [0.717, 1.165) is 0 Å². The van der Waals surface area contributed by atoms with Crippen molar-refractivity contribution in [2.75, 3.05) is 0 Å². The van der Waals surface area contributed by atoms with Crippen LogP contribution in [0.2, 0.25) is 15.1 Å². The van der Waals surface area contributed by atoms with Gasteiger partial charge in [0.25, 0.3) is 5.56 Å². The highest BCUT2D eigenvalue weighted by Crippen LogP contribution is 2.25. The van der Waals surface area contributed by atoms with E-state index in [1.54, 1.807) is 36.4 Å². The van der Waals surface area contributed by atoms with E-state index in [9.17, 15) is 4.79 Å². The maximum Gasteiger partial charge on any atom is 0.266 e. The van der Waals surface area contributed by atoms with Crippen molar-refractivity contribution < 1.29 is 0 Å². The second kappa shape index (κ2) is 5.46. The summed E-state index contributed by atoms with van der Waals surface area (Å²) in [5.41, 5.74) is 0.633. The number of aromatic nitrogens is 2. The largest absolute Gasteiger partial charge is 0.330 e. The van der Waals surface area contributed by atoms with E-state index in [1.807, 2.05) is 0 Å². The maximum atomic E-state index is 12.7. The van der Waals surface area contributed by atoms with Gasteiger partial charge in [0.1, 0.15) is 0 Å². The summed E-state index contributed by atoms with van der Waals surface area (Å²) >= 11 is 23.5. The number of hydrogen-bond acceptors (Lipinski definition) is 2. The van der Waals surface area contributed by atoms with Gasteiger partial charge in [0.15, 0.2) is 4.77 Å². The normalized spacial score (nSPS) is 11.0. The smallest absolute Gasteiger partial charge is 0.266 e. The van der Waals surface area contributed by atoms with Gasteiger partial charge < -0.3 is 4.98 Å². The molecule has 2 aromatic carbocycles. The van der Waals surface area contributed by atoms with E-state index >= 15 is 0 Å². The number of aromatic amines is 1. The van der Waals surface area contributed by atoms with Crippen LogP contribution >= 0.6 is 47.0 Å². The van der Waals surface area contributed by atoms with Gasteiger partial charge in [-0.15, -0.1) is 0 Å². The number of halogens is 3. The number of rotatable bonds is 1. The molecular formula is C14H7Cl3N2OS. The molecule has 3 nitrogen and oxygen atoms in total. The topological polar surface area (TPSA) is 37.8 Å². The predicted octanol–water partition coefficient (Wildman–Crippen LogP) is 5.01. The molecule has 1 heterocycles. The molecule has 0 spiro atoms. The third-order valence-electron chi connectivity index (χ3n) is 3.02. The Hall–Kier alpha value is -1.33. The lowest BCUT2D eigenvalue weighted by Crippen LogP contribution is -2.21. The van der Waals surface area contributed by atoms with Crippen LogP contribution in [0.25, 0.3) is 16.6 Å². The molecule has 0 saturated heterocycles. The summed E-state index contributed by atoms with van der Waals surface area (Å²) in [6.45, 7) is 0. The molecule has 0 atom stereocenters. The Morgan fingerprint density at radius 2 is 1.76 bits per heavy atom. The number of H-pyrrole nitrogens is 1. The standard InChI is InChI=1S/C14H7Cl3N2OS/c15-7-5-8-12(10(17)6-7)18-14(21)19(13(8)20)11-4-2-1-3-9(11)16/h1-6H,(H,18,21). The average molecular weight is 358 g/mol. The minimum atomic E-state index is -0.328. The fourth-order valence-corrected chi connectivity index (χ4v) is 3.14. The summed E-state index contributed by atoms with van der Waals surface area (Å²) in [6, 6.07) is 10.0. The van der Waals surface area contributed by atoms with Crippen LogP contribution in [0.3, 0.4) is 0 Å². The van der Waals surface area contributed by atoms with Crippen LogP contribution in [-0.2, 0) is 0 Å². The molecule has 3 rings (SSSR count). The van der Waals surface area contributed by atoms with Gasteiger partial charge >= 0.3 is 0 Å². The highest BCUT2D eigenvalue weighted by molar-refractivity contribution is 7.71. The summed E-state index contributed by atoms with van der Waals surface area (Å²) in [5, 5.41) is 1.49. The zero-order valence-corrected chi connectivity index (χ0v) is 13.4. The molecular weight excluding hydrogens is 351 g/mol. The fraction of sp³-hybridized carbons (Fsp3) is 0. The van der Waals surface area contributed by atoms with Crippen LogP contribution in [0.4, 0.5) is 0 Å². The minimum absolute atomic E-state index is 0.213. The number of hydrogen-bond donors (Lipinski definition) is 1. The lowest BCUT2D eigenvalue weighted by atomic mass is 10.2. The van der Waals surface area contributed by atoms with Gasteiger partial charge in [-0.1, -0.05) is 46.9 Å². The first-order valence-corrected chi connectivity index (χ1v) is 7.42. The summed E-state index contributed by atoms with van der Waals surface area (Å²) in [5.74, 6) is 0. The molecule has 1 N–H and O–H groups in total. The van der Waals surface area contributed by atoms with E-state index in [0.29, 0.717) is 31.7 Å². The fourth-order valence-electron chi connectivity index (χ4n) is 2.10. The Bertz CT molecular complexity index is 978. The summed E-state index contributed by atoms with van der Waals surface area (Å²) in [7, 11) is 0. The van der Waals surface area contributed by atoms with Crippen molar-refractivity contribution in [3.8, 4) is 5.69 Å². The van der Waals surface area contributed by atoms with Gasteiger partial charge in [-0.3, -0.25) is 9.36 Å². The molecule has 1 aromatic heterocycles. The Morgan fingerprint density at radius 3 is 2.48 bits per heavy atom. The van der Waals surface area contributed by atoms with Gasteiger partial charge in [-0.2, -0.15) is 0 Å². The molecule has 0 unspecified atom stereocenters. The second-order valence-corrected chi connectivity index (χ2v) is 5.97. The number of nitrogens with one attached hydrogen (secondary N) is 1. The molecule has 0 aliphatic heterocycles. The van der Waals surface area contributed by atoms with E-state index in [-0.39, 0.29) is 10.3 Å². The third-order valence-corrected chi connectivity index (χ3v) is 4.14. The highest BCUT2D eigenvalue weighted by Gasteiger charge is 2.12. The summed E-state index contributed by atoms with van der Waals surface area (Å²) < 4.78 is 1.54. The Kier molecular flexibility index (Phi) is 3.80. The summed E-state index contributed by atoms with van der Waals surface area (Å²) in [6.07, 6.45) is 0. The van der Waals surface area contributed by atoms with Gasteiger partial charge in [-0.25, -0.2) is 0 Å². The molecule has 106 valence electrons. The van der Waals surface area contributed by atoms with Crippen LogP contribution < -0.4 is 5.56 Å². The monoisotopic (exact) mass is 356 g/mol. The zero-order valence-electron chi connectivity index (χ0n) is 10.4. The molecule has 0 radical (unpaired) electrons. The van der Waals surface area contributed by atoms with Crippen LogP contribution in [0, 0.1) is 4.77 Å².